The second-order valence-corrected chi connectivity index (χ2v) is 7.03. The highest BCUT2D eigenvalue weighted by molar-refractivity contribution is 7.85. The predicted molar refractivity (Wildman–Crippen MR) is 89.8 cm³/mol. The Bertz CT molecular complexity index is 979. The molecule has 0 saturated carbocycles. The van der Waals surface area contributed by atoms with E-state index in [2.05, 4.69) is 28.3 Å². The van der Waals surface area contributed by atoms with Gasteiger partial charge in [0.1, 0.15) is 30.2 Å². The molecule has 1 aliphatic heterocycles. The predicted octanol–water partition coefficient (Wildman–Crippen LogP) is -3.31. The first kappa shape index (κ1) is 20.3. The molecule has 2 aromatic heterocycles. The number of anilines is 1. The van der Waals surface area contributed by atoms with Crippen molar-refractivity contribution in [2.24, 2.45) is 4.40 Å². The minimum Gasteiger partial charge on any atom is -0.859 e. The number of fused-ring (bicyclic) bond motifs is 1. The molecule has 3 rings (SSSR count). The third-order valence-corrected chi connectivity index (χ3v) is 4.72. The molecular formula is C13H17N6O8S-. The van der Waals surface area contributed by atoms with Crippen LogP contribution in [0.1, 0.15) is 6.23 Å². The average molecular weight is 417 g/mol. The van der Waals surface area contributed by atoms with Gasteiger partial charge in [-0.05, 0) is 0 Å². The lowest BCUT2D eigenvalue weighted by molar-refractivity contribution is -0.221. The van der Waals surface area contributed by atoms with Gasteiger partial charge in [-0.3, -0.25) is 4.57 Å². The topological polar surface area (TPSA) is 207 Å². The number of aliphatic hydroxyl groups is 2. The standard InChI is InChI=1S/C13H18N6O8S/c1-25-3-7(20)18-28(23,24)26-2-6-9(21)10(22)13(27-6)19-5-17-8-11(14)15-4-16-12(8)19/h4-6,9-10,13,21-22H,2-3H2,1H3,(H,18,20)(H2,14,15,16)/p-1/t6?,9-,10-,13?/m1/s1. The van der Waals surface area contributed by atoms with Crippen LogP contribution in [0.2, 0.25) is 0 Å². The van der Waals surface area contributed by atoms with Gasteiger partial charge in [-0.25, -0.2) is 19.1 Å². The van der Waals surface area contributed by atoms with Crippen molar-refractivity contribution in [1.82, 2.24) is 19.5 Å². The summed E-state index contributed by atoms with van der Waals surface area (Å²) in [6.07, 6.45) is -2.84. The van der Waals surface area contributed by atoms with Crippen molar-refractivity contribution in [1.29, 1.82) is 0 Å². The van der Waals surface area contributed by atoms with Crippen molar-refractivity contribution in [3.05, 3.63) is 12.7 Å². The largest absolute Gasteiger partial charge is 0.859 e. The van der Waals surface area contributed by atoms with Crippen LogP contribution >= 0.6 is 0 Å². The molecule has 28 heavy (non-hydrogen) atoms. The van der Waals surface area contributed by atoms with Gasteiger partial charge in [0.05, 0.1) is 19.5 Å². The third-order valence-electron chi connectivity index (χ3n) is 3.86. The number of nitrogen functional groups attached to an aromatic ring is 1. The molecular weight excluding hydrogens is 400 g/mol. The first-order valence-corrected chi connectivity index (χ1v) is 9.18. The fraction of sp³-hybridized carbons (Fsp3) is 0.538. The SMILES string of the molecule is COC/C([O-])=N/S(=O)(=O)OCC1OC(n2cnc3c(N)ncnc32)[C@H](O)[C@@H]1O. The second-order valence-electron chi connectivity index (χ2n) is 5.76. The number of methoxy groups -OCH3 is 1. The number of hydrogen-bond donors (Lipinski definition) is 3. The number of imidazole rings is 1. The molecule has 14 nitrogen and oxygen atoms in total. The van der Waals surface area contributed by atoms with Crippen molar-refractivity contribution in [3.63, 3.8) is 0 Å². The Morgan fingerprint density at radius 2 is 2.14 bits per heavy atom. The maximum atomic E-state index is 11.7. The Labute approximate surface area is 158 Å². The fourth-order valence-electron chi connectivity index (χ4n) is 2.61. The van der Waals surface area contributed by atoms with Gasteiger partial charge < -0.3 is 30.5 Å². The molecule has 1 saturated heterocycles. The first-order chi connectivity index (χ1) is 13.2. The van der Waals surface area contributed by atoms with Gasteiger partial charge in [0.2, 0.25) is 0 Å². The summed E-state index contributed by atoms with van der Waals surface area (Å²) < 4.78 is 42.1. The maximum Gasteiger partial charge on any atom is 0.380 e. The van der Waals surface area contributed by atoms with Crippen LogP contribution in [0.25, 0.3) is 11.2 Å². The van der Waals surface area contributed by atoms with E-state index in [9.17, 15) is 23.7 Å². The normalized spacial score (nSPS) is 26.2. The van der Waals surface area contributed by atoms with E-state index in [1.165, 1.54) is 24.3 Å². The van der Waals surface area contributed by atoms with Crippen LogP contribution in [-0.2, 0) is 24.0 Å². The summed E-state index contributed by atoms with van der Waals surface area (Å²) in [6, 6.07) is 0. The van der Waals surface area contributed by atoms with E-state index in [0.29, 0.717) is 0 Å². The maximum absolute atomic E-state index is 11.7. The van der Waals surface area contributed by atoms with Crippen molar-refractivity contribution >= 4 is 33.2 Å². The molecule has 4 atom stereocenters. The van der Waals surface area contributed by atoms with Crippen LogP contribution in [0, 0.1) is 0 Å². The van der Waals surface area contributed by atoms with Gasteiger partial charge in [0.25, 0.3) is 0 Å². The number of hydrogen-bond acceptors (Lipinski definition) is 12. The van der Waals surface area contributed by atoms with E-state index in [1.807, 2.05) is 0 Å². The van der Waals surface area contributed by atoms with Crippen LogP contribution in [-0.4, -0.2) is 82.7 Å². The van der Waals surface area contributed by atoms with Gasteiger partial charge >= 0.3 is 10.3 Å². The van der Waals surface area contributed by atoms with Gasteiger partial charge in [0, 0.05) is 13.0 Å². The van der Waals surface area contributed by atoms with Gasteiger partial charge in [0.15, 0.2) is 17.7 Å². The molecule has 0 aromatic carbocycles. The molecule has 154 valence electrons. The summed E-state index contributed by atoms with van der Waals surface area (Å²) in [5, 5.41) is 31.7. The number of rotatable bonds is 7. The summed E-state index contributed by atoms with van der Waals surface area (Å²) >= 11 is 0. The Hall–Kier alpha value is -2.43. The molecule has 3 heterocycles. The zero-order valence-electron chi connectivity index (χ0n) is 14.4. The highest BCUT2D eigenvalue weighted by Gasteiger charge is 2.45. The van der Waals surface area contributed by atoms with Crippen molar-refractivity contribution in [2.75, 3.05) is 26.1 Å². The molecule has 0 radical (unpaired) electrons. The summed E-state index contributed by atoms with van der Waals surface area (Å²) in [4.78, 5) is 11.8. The summed E-state index contributed by atoms with van der Waals surface area (Å²) in [5.41, 5.74) is 6.22. The molecule has 15 heteroatoms. The molecule has 0 amide bonds. The monoisotopic (exact) mass is 417 g/mol. The van der Waals surface area contributed by atoms with Crippen LogP contribution in [0.5, 0.6) is 0 Å². The fourth-order valence-corrected chi connectivity index (χ4v) is 3.27. The summed E-state index contributed by atoms with van der Waals surface area (Å²) in [5.74, 6) is -0.944. The summed E-state index contributed by atoms with van der Waals surface area (Å²) in [6.45, 7) is -1.23. The van der Waals surface area contributed by atoms with E-state index in [1.54, 1.807) is 0 Å². The first-order valence-electron chi connectivity index (χ1n) is 7.82. The Morgan fingerprint density at radius 3 is 2.86 bits per heavy atom. The number of aromatic nitrogens is 4. The molecule has 2 aromatic rings. The molecule has 0 bridgehead atoms. The minimum atomic E-state index is -4.58. The Balaban J connectivity index is 1.74. The van der Waals surface area contributed by atoms with Crippen molar-refractivity contribution < 1.29 is 37.4 Å². The lowest BCUT2D eigenvalue weighted by atomic mass is 10.1. The zero-order chi connectivity index (χ0) is 20.5. The van der Waals surface area contributed by atoms with E-state index in [0.717, 1.165) is 0 Å². The van der Waals surface area contributed by atoms with Crippen LogP contribution in [0.15, 0.2) is 17.1 Å². The van der Waals surface area contributed by atoms with Crippen LogP contribution < -0.4 is 10.8 Å². The molecule has 2 unspecified atom stereocenters. The minimum absolute atomic E-state index is 0.116. The molecule has 0 aliphatic carbocycles. The lowest BCUT2D eigenvalue weighted by Gasteiger charge is -2.16. The van der Waals surface area contributed by atoms with Crippen molar-refractivity contribution in [2.45, 2.75) is 24.5 Å². The zero-order valence-corrected chi connectivity index (χ0v) is 15.3. The Morgan fingerprint density at radius 1 is 1.39 bits per heavy atom. The molecule has 0 spiro atoms. The van der Waals surface area contributed by atoms with Gasteiger partial charge in [-0.2, -0.15) is 12.8 Å². The Kier molecular flexibility index (Phi) is 5.73. The van der Waals surface area contributed by atoms with Gasteiger partial charge in [-0.1, -0.05) is 0 Å². The van der Waals surface area contributed by atoms with E-state index < -0.39 is 54.0 Å². The highest BCUT2D eigenvalue weighted by Crippen LogP contribution is 2.32. The quantitative estimate of drug-likeness (QED) is 0.299. The average Bonchev–Trinajstić information content (AvgIpc) is 3.16. The smallest absolute Gasteiger partial charge is 0.380 e. The number of ether oxygens (including phenoxy) is 2. The van der Waals surface area contributed by atoms with E-state index in [4.69, 9.17) is 10.5 Å². The van der Waals surface area contributed by atoms with E-state index >= 15 is 0 Å². The third kappa shape index (κ3) is 4.03. The number of nitrogens with two attached hydrogens (primary N) is 1. The van der Waals surface area contributed by atoms with Crippen LogP contribution in [0.3, 0.4) is 0 Å². The van der Waals surface area contributed by atoms with Crippen LogP contribution in [0.4, 0.5) is 5.82 Å². The van der Waals surface area contributed by atoms with Gasteiger partial charge in [-0.15, -0.1) is 0 Å². The number of nitrogens with zero attached hydrogens (tertiary/aromatic N) is 5. The molecule has 4 N–H and O–H groups in total. The summed E-state index contributed by atoms with van der Waals surface area (Å²) in [7, 11) is -3.38. The van der Waals surface area contributed by atoms with Crippen molar-refractivity contribution in [3.8, 4) is 0 Å². The second kappa shape index (κ2) is 7.90. The molecule has 1 fully saturated rings. The lowest BCUT2D eigenvalue weighted by Crippen LogP contribution is -2.34. The number of aliphatic hydroxyl groups excluding tert-OH is 2. The van der Waals surface area contributed by atoms with E-state index in [-0.39, 0.29) is 17.0 Å². The molecule has 1 aliphatic rings. The highest BCUT2D eigenvalue weighted by atomic mass is 32.2.